The molecular formula is C19H19NO. The molecule has 0 saturated carbocycles. The highest BCUT2D eigenvalue weighted by Crippen LogP contribution is 2.15. The van der Waals surface area contributed by atoms with Crippen molar-refractivity contribution >= 4 is 6.08 Å². The number of unbranched alkanes of at least 4 members (excludes halogenated alkanes) is 1. The number of nitriles is 1. The minimum atomic E-state index is 0.511. The first kappa shape index (κ1) is 14.9. The maximum atomic E-state index is 8.75. The molecule has 2 rings (SSSR count). The van der Waals surface area contributed by atoms with Gasteiger partial charge in [0.05, 0.1) is 11.6 Å². The molecule has 0 aliphatic heterocycles. The molecule has 0 spiro atoms. The third-order valence-corrected chi connectivity index (χ3v) is 3.13. The van der Waals surface area contributed by atoms with Crippen LogP contribution in [-0.2, 0) is 6.61 Å². The van der Waals surface area contributed by atoms with E-state index in [1.54, 1.807) is 12.1 Å². The van der Waals surface area contributed by atoms with Crippen LogP contribution in [0.25, 0.3) is 6.08 Å². The molecular weight excluding hydrogens is 258 g/mol. The van der Waals surface area contributed by atoms with Crippen LogP contribution in [0.15, 0.2) is 54.6 Å². The Kier molecular flexibility index (Phi) is 5.60. The smallest absolute Gasteiger partial charge is 0.119 e. The number of benzene rings is 2. The zero-order valence-corrected chi connectivity index (χ0v) is 12.3. The second-order valence-electron chi connectivity index (χ2n) is 4.86. The van der Waals surface area contributed by atoms with E-state index >= 15 is 0 Å². The Morgan fingerprint density at radius 2 is 1.76 bits per heavy atom. The van der Waals surface area contributed by atoms with Crippen molar-refractivity contribution in [3.8, 4) is 11.8 Å². The fourth-order valence-electron chi connectivity index (χ4n) is 1.90. The lowest BCUT2D eigenvalue weighted by Crippen LogP contribution is -1.95. The fraction of sp³-hybridized carbons (Fsp3) is 0.211. The van der Waals surface area contributed by atoms with Gasteiger partial charge in [0.1, 0.15) is 12.4 Å². The van der Waals surface area contributed by atoms with Crippen LogP contribution in [0, 0.1) is 11.3 Å². The Morgan fingerprint density at radius 3 is 2.38 bits per heavy atom. The molecule has 0 unspecified atom stereocenters. The van der Waals surface area contributed by atoms with Crippen LogP contribution in [0.3, 0.4) is 0 Å². The molecule has 0 aliphatic carbocycles. The van der Waals surface area contributed by atoms with Crippen LogP contribution >= 0.6 is 0 Å². The average molecular weight is 277 g/mol. The van der Waals surface area contributed by atoms with Gasteiger partial charge >= 0.3 is 0 Å². The fourth-order valence-corrected chi connectivity index (χ4v) is 1.90. The number of hydrogen-bond acceptors (Lipinski definition) is 2. The summed E-state index contributed by atoms with van der Waals surface area (Å²) in [5.41, 5.74) is 2.91. The Labute approximate surface area is 126 Å². The quantitative estimate of drug-likeness (QED) is 0.748. The van der Waals surface area contributed by atoms with Crippen LogP contribution in [0.4, 0.5) is 0 Å². The van der Waals surface area contributed by atoms with Gasteiger partial charge in [0.2, 0.25) is 0 Å². The Bertz CT molecular complexity index is 618. The van der Waals surface area contributed by atoms with Crippen molar-refractivity contribution in [2.24, 2.45) is 0 Å². The lowest BCUT2D eigenvalue weighted by Gasteiger charge is -2.06. The Balaban J connectivity index is 1.89. The molecule has 0 aliphatic rings. The van der Waals surface area contributed by atoms with Gasteiger partial charge in [-0.25, -0.2) is 0 Å². The third-order valence-electron chi connectivity index (χ3n) is 3.13. The number of allylic oxidation sites excluding steroid dienone is 1. The first-order chi connectivity index (χ1) is 10.3. The molecule has 0 heterocycles. The van der Waals surface area contributed by atoms with E-state index in [1.807, 2.05) is 24.3 Å². The van der Waals surface area contributed by atoms with Crippen molar-refractivity contribution in [1.29, 1.82) is 5.26 Å². The van der Waals surface area contributed by atoms with E-state index in [9.17, 15) is 0 Å². The molecule has 2 aromatic carbocycles. The molecule has 2 aromatic rings. The van der Waals surface area contributed by atoms with Crippen LogP contribution < -0.4 is 4.74 Å². The zero-order chi connectivity index (χ0) is 14.9. The molecule has 0 N–H and O–H groups in total. The maximum absolute atomic E-state index is 8.75. The molecule has 0 atom stereocenters. The van der Waals surface area contributed by atoms with E-state index in [0.29, 0.717) is 12.2 Å². The van der Waals surface area contributed by atoms with Crippen molar-refractivity contribution in [2.45, 2.75) is 26.4 Å². The topological polar surface area (TPSA) is 33.0 Å². The monoisotopic (exact) mass is 277 g/mol. The van der Waals surface area contributed by atoms with Gasteiger partial charge in [-0.05, 0) is 41.8 Å². The van der Waals surface area contributed by atoms with Crippen LogP contribution in [0.1, 0.15) is 36.5 Å². The number of nitrogens with zero attached hydrogens (tertiary/aromatic N) is 1. The summed E-state index contributed by atoms with van der Waals surface area (Å²) >= 11 is 0. The van der Waals surface area contributed by atoms with Crippen molar-refractivity contribution in [3.05, 3.63) is 71.3 Å². The molecule has 0 bridgehead atoms. The lowest BCUT2D eigenvalue weighted by molar-refractivity contribution is 0.306. The molecule has 0 radical (unpaired) electrons. The summed E-state index contributed by atoms with van der Waals surface area (Å²) in [5, 5.41) is 8.75. The van der Waals surface area contributed by atoms with E-state index in [1.165, 1.54) is 12.0 Å². The summed E-state index contributed by atoms with van der Waals surface area (Å²) in [6.07, 6.45) is 6.60. The van der Waals surface area contributed by atoms with E-state index in [0.717, 1.165) is 17.7 Å². The highest BCUT2D eigenvalue weighted by atomic mass is 16.5. The number of hydrogen-bond donors (Lipinski definition) is 0. The summed E-state index contributed by atoms with van der Waals surface area (Å²) < 4.78 is 5.74. The number of rotatable bonds is 6. The largest absolute Gasteiger partial charge is 0.489 e. The van der Waals surface area contributed by atoms with E-state index in [-0.39, 0.29) is 0 Å². The standard InChI is InChI=1S/C19H19NO/c1-2-3-4-5-16-10-12-19(13-11-16)21-15-18-8-6-17(14-20)7-9-18/h4-13H,2-3,15H2,1H3. The van der Waals surface area contributed by atoms with Gasteiger partial charge in [-0.2, -0.15) is 5.26 Å². The molecule has 0 amide bonds. The van der Waals surface area contributed by atoms with Crippen molar-refractivity contribution in [2.75, 3.05) is 0 Å². The Morgan fingerprint density at radius 1 is 1.05 bits per heavy atom. The Hall–Kier alpha value is -2.53. The van der Waals surface area contributed by atoms with Gasteiger partial charge in [-0.3, -0.25) is 0 Å². The SMILES string of the molecule is CCCC=Cc1ccc(OCc2ccc(C#N)cc2)cc1. The number of ether oxygens (including phenoxy) is 1. The van der Waals surface area contributed by atoms with Crippen molar-refractivity contribution in [1.82, 2.24) is 0 Å². The molecule has 0 fully saturated rings. The summed E-state index contributed by atoms with van der Waals surface area (Å²) in [5.74, 6) is 0.854. The minimum Gasteiger partial charge on any atom is -0.489 e. The van der Waals surface area contributed by atoms with E-state index < -0.39 is 0 Å². The molecule has 0 saturated heterocycles. The summed E-state index contributed by atoms with van der Waals surface area (Å²) in [4.78, 5) is 0. The highest BCUT2D eigenvalue weighted by Gasteiger charge is 1.97. The normalized spacial score (nSPS) is 10.5. The minimum absolute atomic E-state index is 0.511. The van der Waals surface area contributed by atoms with Crippen molar-refractivity contribution in [3.63, 3.8) is 0 Å². The summed E-state index contributed by atoms with van der Waals surface area (Å²) in [6.45, 7) is 2.68. The highest BCUT2D eigenvalue weighted by molar-refractivity contribution is 5.50. The van der Waals surface area contributed by atoms with Crippen LogP contribution in [0.2, 0.25) is 0 Å². The van der Waals surface area contributed by atoms with Gasteiger partial charge in [0.25, 0.3) is 0 Å². The predicted octanol–water partition coefficient (Wildman–Crippen LogP) is 4.95. The molecule has 106 valence electrons. The molecule has 2 nitrogen and oxygen atoms in total. The lowest BCUT2D eigenvalue weighted by atomic mass is 10.1. The predicted molar refractivity (Wildman–Crippen MR) is 85.9 cm³/mol. The third kappa shape index (κ3) is 4.81. The van der Waals surface area contributed by atoms with Gasteiger partial charge in [0.15, 0.2) is 0 Å². The molecule has 21 heavy (non-hydrogen) atoms. The van der Waals surface area contributed by atoms with Gasteiger partial charge in [-0.15, -0.1) is 0 Å². The molecule has 0 aromatic heterocycles. The van der Waals surface area contributed by atoms with E-state index in [4.69, 9.17) is 10.00 Å². The van der Waals surface area contributed by atoms with Gasteiger partial charge in [0, 0.05) is 0 Å². The zero-order valence-electron chi connectivity index (χ0n) is 12.3. The summed E-state index contributed by atoms with van der Waals surface area (Å²) in [7, 11) is 0. The van der Waals surface area contributed by atoms with E-state index in [2.05, 4.69) is 37.3 Å². The van der Waals surface area contributed by atoms with Gasteiger partial charge < -0.3 is 4.74 Å². The average Bonchev–Trinajstić information content (AvgIpc) is 2.55. The van der Waals surface area contributed by atoms with Crippen LogP contribution in [0.5, 0.6) is 5.75 Å². The first-order valence-corrected chi connectivity index (χ1v) is 7.20. The van der Waals surface area contributed by atoms with Crippen LogP contribution in [-0.4, -0.2) is 0 Å². The molecule has 2 heteroatoms. The maximum Gasteiger partial charge on any atom is 0.119 e. The van der Waals surface area contributed by atoms with Gasteiger partial charge in [-0.1, -0.05) is 49.8 Å². The second-order valence-corrected chi connectivity index (χ2v) is 4.86. The summed E-state index contributed by atoms with van der Waals surface area (Å²) in [6, 6.07) is 17.6. The first-order valence-electron chi connectivity index (χ1n) is 7.20. The second kappa shape index (κ2) is 7.91. The van der Waals surface area contributed by atoms with Crippen molar-refractivity contribution < 1.29 is 4.74 Å².